The van der Waals surface area contributed by atoms with Crippen LogP contribution in [0.1, 0.15) is 15.9 Å². The van der Waals surface area contributed by atoms with Gasteiger partial charge in [0.2, 0.25) is 10.0 Å². The summed E-state index contributed by atoms with van der Waals surface area (Å²) < 4.78 is 71.0. The van der Waals surface area contributed by atoms with E-state index in [-0.39, 0.29) is 36.8 Å². The fourth-order valence-corrected chi connectivity index (χ4v) is 4.22. The molecule has 0 bridgehead atoms. The van der Waals surface area contributed by atoms with Gasteiger partial charge in [0.25, 0.3) is 5.91 Å². The highest BCUT2D eigenvalue weighted by Crippen LogP contribution is 2.34. The molecule has 0 aliphatic carbocycles. The molecule has 1 saturated heterocycles. The van der Waals surface area contributed by atoms with E-state index in [2.05, 4.69) is 5.32 Å². The summed E-state index contributed by atoms with van der Waals surface area (Å²) in [7, 11) is -3.83. The van der Waals surface area contributed by atoms with Gasteiger partial charge in [-0.1, -0.05) is 18.2 Å². The number of ether oxygens (including phenoxy) is 1. The van der Waals surface area contributed by atoms with Crippen molar-refractivity contribution in [2.24, 2.45) is 0 Å². The SMILES string of the molecule is O=C(Nc1ccccc1C(F)(F)F)c1cccc(S(=O)(=O)N2CCOCC2)c1. The maximum Gasteiger partial charge on any atom is 0.418 e. The molecule has 0 unspecified atom stereocenters. The number of sulfonamides is 1. The van der Waals surface area contributed by atoms with E-state index in [1.165, 1.54) is 34.6 Å². The van der Waals surface area contributed by atoms with Gasteiger partial charge in [0.05, 0.1) is 29.4 Å². The predicted molar refractivity (Wildman–Crippen MR) is 95.4 cm³/mol. The molecule has 0 aromatic heterocycles. The largest absolute Gasteiger partial charge is 0.418 e. The molecule has 2 aromatic carbocycles. The van der Waals surface area contributed by atoms with E-state index in [0.717, 1.165) is 18.2 Å². The van der Waals surface area contributed by atoms with Crippen LogP contribution in [0.4, 0.5) is 18.9 Å². The van der Waals surface area contributed by atoms with Gasteiger partial charge in [-0.3, -0.25) is 4.79 Å². The van der Waals surface area contributed by atoms with Crippen LogP contribution in [-0.4, -0.2) is 44.9 Å². The maximum atomic E-state index is 13.1. The van der Waals surface area contributed by atoms with E-state index in [4.69, 9.17) is 4.74 Å². The molecule has 2 aromatic rings. The Morgan fingerprint density at radius 1 is 1.04 bits per heavy atom. The topological polar surface area (TPSA) is 75.7 Å². The van der Waals surface area contributed by atoms with Gasteiger partial charge in [-0.2, -0.15) is 17.5 Å². The molecule has 1 amide bonds. The van der Waals surface area contributed by atoms with E-state index in [1.54, 1.807) is 0 Å². The van der Waals surface area contributed by atoms with E-state index in [0.29, 0.717) is 0 Å². The lowest BCUT2D eigenvalue weighted by Crippen LogP contribution is -2.40. The second-order valence-electron chi connectivity index (χ2n) is 6.04. The fourth-order valence-electron chi connectivity index (χ4n) is 2.77. The van der Waals surface area contributed by atoms with Crippen LogP contribution < -0.4 is 5.32 Å². The van der Waals surface area contributed by atoms with Crippen LogP contribution in [0.2, 0.25) is 0 Å². The highest BCUT2D eigenvalue weighted by molar-refractivity contribution is 7.89. The summed E-state index contributed by atoms with van der Waals surface area (Å²) in [6.45, 7) is 0.927. The van der Waals surface area contributed by atoms with Gasteiger partial charge in [-0.05, 0) is 30.3 Å². The minimum Gasteiger partial charge on any atom is -0.379 e. The molecule has 0 saturated carbocycles. The molecule has 1 N–H and O–H groups in total. The minimum absolute atomic E-state index is 0.0636. The zero-order valence-corrected chi connectivity index (χ0v) is 15.4. The summed E-state index contributed by atoms with van der Waals surface area (Å²) in [5, 5.41) is 2.20. The third-order valence-electron chi connectivity index (χ3n) is 4.18. The second kappa shape index (κ2) is 7.90. The van der Waals surface area contributed by atoms with Gasteiger partial charge in [-0.25, -0.2) is 8.42 Å². The zero-order valence-electron chi connectivity index (χ0n) is 14.6. The standard InChI is InChI=1S/C18H17F3N2O4S/c19-18(20,21)15-6-1-2-7-16(15)22-17(24)13-4-3-5-14(12-13)28(25,26)23-8-10-27-11-9-23/h1-7,12H,8-11H2,(H,22,24). The van der Waals surface area contributed by atoms with Gasteiger partial charge in [0.1, 0.15) is 0 Å². The van der Waals surface area contributed by atoms with Crippen molar-refractivity contribution >= 4 is 21.6 Å². The first-order valence-electron chi connectivity index (χ1n) is 8.35. The van der Waals surface area contributed by atoms with Crippen molar-refractivity contribution in [2.45, 2.75) is 11.1 Å². The molecular formula is C18H17F3N2O4S. The first-order valence-corrected chi connectivity index (χ1v) is 9.79. The first kappa shape index (κ1) is 20.3. The number of nitrogens with one attached hydrogen (secondary N) is 1. The fraction of sp³-hybridized carbons (Fsp3) is 0.278. The number of para-hydroxylation sites is 1. The van der Waals surface area contributed by atoms with E-state index < -0.39 is 33.4 Å². The minimum atomic E-state index is -4.63. The summed E-state index contributed by atoms with van der Waals surface area (Å²) >= 11 is 0. The van der Waals surface area contributed by atoms with Crippen molar-refractivity contribution in [2.75, 3.05) is 31.6 Å². The van der Waals surface area contributed by atoms with Crippen LogP contribution in [0.15, 0.2) is 53.4 Å². The molecule has 3 rings (SSSR count). The van der Waals surface area contributed by atoms with Crippen LogP contribution in [-0.2, 0) is 20.9 Å². The Morgan fingerprint density at radius 3 is 2.39 bits per heavy atom. The Bertz CT molecular complexity index is 971. The normalized spacial score (nSPS) is 16.0. The molecule has 1 aliphatic rings. The smallest absolute Gasteiger partial charge is 0.379 e. The Balaban J connectivity index is 1.86. The van der Waals surface area contributed by atoms with Crippen LogP contribution >= 0.6 is 0 Å². The van der Waals surface area contributed by atoms with Crippen LogP contribution in [0.3, 0.4) is 0 Å². The quantitative estimate of drug-likeness (QED) is 0.835. The highest BCUT2D eigenvalue weighted by atomic mass is 32.2. The molecule has 0 atom stereocenters. The molecule has 6 nitrogen and oxygen atoms in total. The number of rotatable bonds is 4. The Labute approximate surface area is 160 Å². The number of hydrogen-bond acceptors (Lipinski definition) is 4. The van der Waals surface area contributed by atoms with Crippen molar-refractivity contribution in [1.29, 1.82) is 0 Å². The molecule has 28 heavy (non-hydrogen) atoms. The monoisotopic (exact) mass is 414 g/mol. The number of benzene rings is 2. The third kappa shape index (κ3) is 4.34. The number of alkyl halides is 3. The number of amides is 1. The number of morpholine rings is 1. The molecule has 1 fully saturated rings. The van der Waals surface area contributed by atoms with Gasteiger partial charge < -0.3 is 10.1 Å². The molecule has 1 heterocycles. The molecular weight excluding hydrogens is 397 g/mol. The first-order chi connectivity index (χ1) is 13.2. The Kier molecular flexibility index (Phi) is 5.73. The summed E-state index contributed by atoms with van der Waals surface area (Å²) in [5.41, 5.74) is -1.45. The van der Waals surface area contributed by atoms with Crippen molar-refractivity contribution < 1.29 is 31.1 Å². The van der Waals surface area contributed by atoms with Gasteiger partial charge >= 0.3 is 6.18 Å². The summed E-state index contributed by atoms with van der Waals surface area (Å²) in [6, 6.07) is 9.77. The van der Waals surface area contributed by atoms with Crippen molar-refractivity contribution in [3.05, 3.63) is 59.7 Å². The second-order valence-corrected chi connectivity index (χ2v) is 7.98. The molecule has 150 valence electrons. The van der Waals surface area contributed by atoms with Crippen molar-refractivity contribution in [1.82, 2.24) is 4.31 Å². The van der Waals surface area contributed by atoms with E-state index >= 15 is 0 Å². The third-order valence-corrected chi connectivity index (χ3v) is 6.08. The lowest BCUT2D eigenvalue weighted by atomic mass is 10.1. The average Bonchev–Trinajstić information content (AvgIpc) is 2.68. The van der Waals surface area contributed by atoms with Crippen LogP contribution in [0, 0.1) is 0 Å². The zero-order chi connectivity index (χ0) is 20.4. The number of nitrogens with zero attached hydrogens (tertiary/aromatic N) is 1. The van der Waals surface area contributed by atoms with Crippen molar-refractivity contribution in [3.8, 4) is 0 Å². The summed E-state index contributed by atoms with van der Waals surface area (Å²) in [6.07, 6.45) is -4.63. The lowest BCUT2D eigenvalue weighted by Gasteiger charge is -2.26. The summed E-state index contributed by atoms with van der Waals surface area (Å²) in [5.74, 6) is -0.837. The van der Waals surface area contributed by atoms with E-state index in [9.17, 15) is 26.4 Å². The Morgan fingerprint density at radius 2 is 1.71 bits per heavy atom. The number of halogens is 3. The molecule has 0 spiro atoms. The summed E-state index contributed by atoms with van der Waals surface area (Å²) in [4.78, 5) is 12.3. The highest BCUT2D eigenvalue weighted by Gasteiger charge is 2.33. The lowest BCUT2D eigenvalue weighted by molar-refractivity contribution is -0.136. The Hall–Kier alpha value is -2.43. The molecule has 10 heteroatoms. The van der Waals surface area contributed by atoms with Gasteiger partial charge in [0, 0.05) is 18.7 Å². The number of carbonyl (C=O) groups is 1. The maximum absolute atomic E-state index is 13.1. The number of carbonyl (C=O) groups excluding carboxylic acids is 1. The molecule has 0 radical (unpaired) electrons. The van der Waals surface area contributed by atoms with Gasteiger partial charge in [0.15, 0.2) is 0 Å². The van der Waals surface area contributed by atoms with Crippen LogP contribution in [0.25, 0.3) is 0 Å². The van der Waals surface area contributed by atoms with Crippen LogP contribution in [0.5, 0.6) is 0 Å². The van der Waals surface area contributed by atoms with Crippen molar-refractivity contribution in [3.63, 3.8) is 0 Å². The molecule has 1 aliphatic heterocycles. The number of anilines is 1. The average molecular weight is 414 g/mol. The van der Waals surface area contributed by atoms with Gasteiger partial charge in [-0.15, -0.1) is 0 Å². The number of hydrogen-bond donors (Lipinski definition) is 1. The predicted octanol–water partition coefficient (Wildman–Crippen LogP) is 2.98. The van der Waals surface area contributed by atoms with E-state index in [1.807, 2.05) is 0 Å².